The fourth-order valence-electron chi connectivity index (χ4n) is 4.34. The summed E-state index contributed by atoms with van der Waals surface area (Å²) in [6.07, 6.45) is 11.8. The molecule has 0 spiro atoms. The van der Waals surface area contributed by atoms with Crippen molar-refractivity contribution in [2.45, 2.75) is 71.6 Å². The van der Waals surface area contributed by atoms with Crippen LogP contribution >= 0.6 is 54.2 Å². The average molecular weight is 889 g/mol. The molecule has 0 saturated carbocycles. The second-order valence-corrected chi connectivity index (χ2v) is 16.8. The number of halogens is 3. The fraction of sp³-hybridized carbons (Fsp3) is 0.405. The van der Waals surface area contributed by atoms with E-state index >= 15 is 0 Å². The van der Waals surface area contributed by atoms with Gasteiger partial charge in [0.1, 0.15) is 18.1 Å². The van der Waals surface area contributed by atoms with Crippen molar-refractivity contribution in [2.75, 3.05) is 25.2 Å². The lowest BCUT2D eigenvalue weighted by atomic mass is 9.97. The van der Waals surface area contributed by atoms with Crippen LogP contribution in [0.25, 0.3) is 16.9 Å². The zero-order valence-corrected chi connectivity index (χ0v) is 35.7. The van der Waals surface area contributed by atoms with E-state index in [4.69, 9.17) is 70.0 Å². The second kappa shape index (κ2) is 24.8. The number of terminal acetylenes is 1. The van der Waals surface area contributed by atoms with E-state index in [0.29, 0.717) is 28.8 Å². The molecule has 4 N–H and O–H groups in total. The molecule has 15 nitrogen and oxygen atoms in total. The molecule has 0 saturated heterocycles. The summed E-state index contributed by atoms with van der Waals surface area (Å²) < 4.78 is 27.1. The Morgan fingerprint density at radius 3 is 2.26 bits per heavy atom. The molecule has 2 heterocycles. The van der Waals surface area contributed by atoms with Crippen LogP contribution in [0.1, 0.15) is 72.1 Å². The maximum absolute atomic E-state index is 12.1. The molecule has 57 heavy (non-hydrogen) atoms. The Kier molecular flexibility index (Phi) is 21.4. The predicted molar refractivity (Wildman–Crippen MR) is 222 cm³/mol. The van der Waals surface area contributed by atoms with Gasteiger partial charge in [0, 0.05) is 28.9 Å². The highest BCUT2D eigenvalue weighted by molar-refractivity contribution is 8.13. The molecule has 0 aliphatic carbocycles. The summed E-state index contributed by atoms with van der Waals surface area (Å²) >= 11 is 19.3. The maximum atomic E-state index is 12.1. The lowest BCUT2D eigenvalue weighted by Gasteiger charge is -2.11. The summed E-state index contributed by atoms with van der Waals surface area (Å²) in [5, 5.41) is 22.5. The first-order chi connectivity index (χ1) is 26.9. The molecule has 0 radical (unpaired) electrons. The zero-order chi connectivity index (χ0) is 42.6. The van der Waals surface area contributed by atoms with Crippen LogP contribution in [0.3, 0.4) is 0 Å². The highest BCUT2D eigenvalue weighted by Crippen LogP contribution is 2.34. The lowest BCUT2D eigenvalue weighted by Crippen LogP contribution is -2.23. The number of aromatic nitrogens is 4. The first kappa shape index (κ1) is 49.2. The minimum atomic E-state index is -4.10. The molecule has 4 rings (SSSR count). The van der Waals surface area contributed by atoms with Gasteiger partial charge >= 0.3 is 24.6 Å². The molecule has 20 heteroatoms. The summed E-state index contributed by atoms with van der Waals surface area (Å²) in [6, 6.07) is 14.0. The van der Waals surface area contributed by atoms with Crippen LogP contribution in [-0.4, -0.2) is 71.3 Å². The van der Waals surface area contributed by atoms with Gasteiger partial charge in [-0.15, -0.1) is 21.7 Å². The Morgan fingerprint density at radius 1 is 1.00 bits per heavy atom. The van der Waals surface area contributed by atoms with Crippen LogP contribution in [0.15, 0.2) is 57.7 Å². The molecule has 0 amide bonds. The Labute approximate surface area is 350 Å². The number of hydrogen-bond donors (Lipinski definition) is 4. The third-order valence-electron chi connectivity index (χ3n) is 7.01. The number of nitrogens with one attached hydrogen (secondary N) is 1. The van der Waals surface area contributed by atoms with E-state index in [1.807, 2.05) is 51.1 Å². The normalized spacial score (nSPS) is 11.0. The van der Waals surface area contributed by atoms with Crippen LogP contribution in [0.2, 0.25) is 15.2 Å². The zero-order valence-electron chi connectivity index (χ0n) is 31.7. The molecule has 2 aromatic heterocycles. The van der Waals surface area contributed by atoms with Gasteiger partial charge in [-0.1, -0.05) is 131 Å². The van der Waals surface area contributed by atoms with Crippen molar-refractivity contribution in [3.05, 3.63) is 80.2 Å². The number of hydrogen-bond acceptors (Lipinski definition) is 12. The third kappa shape index (κ3) is 18.9. The van der Waals surface area contributed by atoms with Crippen molar-refractivity contribution in [3.8, 4) is 40.8 Å². The van der Waals surface area contributed by atoms with Crippen molar-refractivity contribution < 1.29 is 42.9 Å². The van der Waals surface area contributed by atoms with Gasteiger partial charge in [0.2, 0.25) is 5.89 Å². The van der Waals surface area contributed by atoms with Crippen molar-refractivity contribution in [1.29, 1.82) is 0 Å². The van der Waals surface area contributed by atoms with Gasteiger partial charge in [0.25, 0.3) is 0 Å². The first-order valence-corrected chi connectivity index (χ1v) is 21.3. The van der Waals surface area contributed by atoms with Gasteiger partial charge in [-0.05, 0) is 24.2 Å². The topological polar surface area (TPSA) is 216 Å². The number of carboxylic acid groups (broad SMARTS) is 1. The molecule has 0 aliphatic heterocycles. The van der Waals surface area contributed by atoms with Crippen molar-refractivity contribution in [1.82, 2.24) is 25.3 Å². The number of benzene rings is 2. The third-order valence-corrected chi connectivity index (χ3v) is 9.24. The van der Waals surface area contributed by atoms with Gasteiger partial charge in [-0.2, -0.15) is 4.68 Å². The highest BCUT2D eigenvalue weighted by atomic mass is 35.5. The lowest BCUT2D eigenvalue weighted by molar-refractivity contribution is -0.135. The molecule has 2 aromatic carbocycles. The van der Waals surface area contributed by atoms with Crippen LogP contribution in [0, 0.1) is 12.3 Å². The number of aliphatic carboxylic acids is 1. The molecule has 4 aromatic rings. The largest absolute Gasteiger partial charge is 0.480 e. The summed E-state index contributed by atoms with van der Waals surface area (Å²) in [5.41, 5.74) is 1.24. The van der Waals surface area contributed by atoms with E-state index in [0.717, 1.165) is 28.8 Å². The van der Waals surface area contributed by atoms with Gasteiger partial charge in [-0.3, -0.25) is 14.7 Å². The Bertz CT molecular complexity index is 2050. The van der Waals surface area contributed by atoms with Crippen molar-refractivity contribution >= 4 is 65.4 Å². The van der Waals surface area contributed by atoms with Gasteiger partial charge < -0.3 is 28.8 Å². The average Bonchev–Trinajstić information content (AvgIpc) is 3.53. The van der Waals surface area contributed by atoms with Crippen LogP contribution < -0.4 is 20.5 Å². The van der Waals surface area contributed by atoms with E-state index in [2.05, 4.69) is 33.5 Å². The van der Waals surface area contributed by atoms with E-state index in [-0.39, 0.29) is 27.1 Å². The number of carbonyl (C=O) groups excluding carboxylic acids is 1. The summed E-state index contributed by atoms with van der Waals surface area (Å²) in [7, 11) is -4.10. The summed E-state index contributed by atoms with van der Waals surface area (Å²) in [5.74, 6) is 2.26. The van der Waals surface area contributed by atoms with Gasteiger partial charge in [-0.25, -0.2) is 9.59 Å². The smallest absolute Gasteiger partial charge is 0.442 e. The molecular formula is C37H45Cl3N5O10PS. The highest BCUT2D eigenvalue weighted by Gasteiger charge is 2.24. The molecule has 310 valence electrons. The molecule has 0 aliphatic rings. The number of ether oxygens (including phenoxy) is 2. The SMILES string of the molecule is C#CCOc1cc(-n2nc(C(C)(C)C)oc2=O)c(Cl)cc1Cl.CCCCCCCCSC(=O)Oc1cc(Cl)nnc1-c1ccccc1.O=C(O)CNCP(=O)(O)O. The van der Waals surface area contributed by atoms with Crippen molar-refractivity contribution in [2.24, 2.45) is 0 Å². The summed E-state index contributed by atoms with van der Waals surface area (Å²) in [6.45, 7) is 7.46. The molecule has 0 unspecified atom stereocenters. The second-order valence-electron chi connectivity index (χ2n) is 12.9. The minimum absolute atomic E-state index is 0.0434. The number of nitrogens with zero attached hydrogens (tertiary/aromatic N) is 4. The Morgan fingerprint density at radius 2 is 1.67 bits per heavy atom. The van der Waals surface area contributed by atoms with E-state index in [1.54, 1.807) is 0 Å². The number of carboxylic acids is 1. The number of thioether (sulfide) groups is 1. The Balaban J connectivity index is 0.000000321. The quantitative estimate of drug-likeness (QED) is 0.0358. The van der Waals surface area contributed by atoms with Gasteiger partial charge in [0.05, 0.1) is 28.6 Å². The van der Waals surface area contributed by atoms with Crippen molar-refractivity contribution in [3.63, 3.8) is 0 Å². The Hall–Kier alpha value is -3.91. The summed E-state index contributed by atoms with van der Waals surface area (Å²) in [4.78, 5) is 50.3. The fourth-order valence-corrected chi connectivity index (χ4v) is 6.06. The van der Waals surface area contributed by atoms with E-state index in [1.165, 1.54) is 55.6 Å². The van der Waals surface area contributed by atoms with Gasteiger partial charge in [0.15, 0.2) is 10.9 Å². The van der Waals surface area contributed by atoms with Crippen LogP contribution in [0.4, 0.5) is 4.79 Å². The molecule has 0 fully saturated rings. The van der Waals surface area contributed by atoms with Crippen LogP contribution in [0.5, 0.6) is 11.5 Å². The molecular weight excluding hydrogens is 844 g/mol. The molecule has 0 bridgehead atoms. The monoisotopic (exact) mass is 887 g/mol. The first-order valence-electron chi connectivity index (χ1n) is 17.4. The number of rotatable bonds is 16. The molecule has 0 atom stereocenters. The van der Waals surface area contributed by atoms with Crippen LogP contribution in [-0.2, 0) is 14.8 Å². The predicted octanol–water partition coefficient (Wildman–Crippen LogP) is 8.63. The number of unbranched alkanes of at least 4 members (excludes halogenated alkanes) is 5. The van der Waals surface area contributed by atoms with E-state index in [9.17, 15) is 18.9 Å². The van der Waals surface area contributed by atoms with E-state index < -0.39 is 37.6 Å². The minimum Gasteiger partial charge on any atom is -0.480 e. The standard InChI is InChI=1S/C19H23ClN2O2S.C15H14Cl2N2O3.C3H8NO5P/c1-2-3-4-5-6-10-13-25-19(23)24-16-14-17(20)21-22-18(16)15-11-8-7-9-12-15;1-5-6-21-12-8-11(9(16)7-10(12)17)19-14(20)22-13(18-19)15(2,3)4;5-3(6)1-4-2-10(7,8)9/h7-9,11-12,14H,2-6,10,13H2,1H3;1,7-8H,6H2,2-4H3;4H,1-2H2,(H,5,6)(H2,7,8,9). The number of carbonyl (C=O) groups is 2. The maximum Gasteiger partial charge on any atom is 0.442 e.